The van der Waals surface area contributed by atoms with Gasteiger partial charge in [-0.3, -0.25) is 14.5 Å². The summed E-state index contributed by atoms with van der Waals surface area (Å²) in [5.74, 6) is -0.462. The molecule has 1 aliphatic heterocycles. The molecule has 0 fully saturated rings. The molecule has 23 heavy (non-hydrogen) atoms. The van der Waals surface area contributed by atoms with Crippen molar-refractivity contribution in [1.82, 2.24) is 0 Å². The summed E-state index contributed by atoms with van der Waals surface area (Å²) in [6, 6.07) is 13.0. The zero-order valence-electron chi connectivity index (χ0n) is 12.4. The number of carbonyl (C=O) groups is 1. The van der Waals surface area contributed by atoms with Crippen molar-refractivity contribution in [3.05, 3.63) is 64.8 Å². The Morgan fingerprint density at radius 1 is 1.04 bits per heavy atom. The zero-order valence-corrected chi connectivity index (χ0v) is 13.2. The maximum absolute atomic E-state index is 12.3. The first kappa shape index (κ1) is 15.4. The fraction of sp³-hybridized carbons (Fsp3) is 0.188. The van der Waals surface area contributed by atoms with Crippen LogP contribution >= 0.6 is 0 Å². The lowest BCUT2D eigenvalue weighted by molar-refractivity contribution is -0.119. The maximum atomic E-state index is 12.3. The maximum Gasteiger partial charge on any atom is 0.275 e. The summed E-state index contributed by atoms with van der Waals surface area (Å²) in [7, 11) is -3.45. The van der Waals surface area contributed by atoms with Crippen LogP contribution in [0.2, 0.25) is 0 Å². The van der Waals surface area contributed by atoms with Crippen LogP contribution < -0.4 is 15.4 Å². The molecule has 1 atom stereocenters. The molecule has 7 heteroatoms. The number of nitrogens with one attached hydrogen (secondary N) is 1. The van der Waals surface area contributed by atoms with Crippen LogP contribution in [0.5, 0.6) is 0 Å². The molecule has 1 amide bonds. The van der Waals surface area contributed by atoms with Gasteiger partial charge in [-0.15, -0.1) is 0 Å². The minimum atomic E-state index is -3.45. The number of anilines is 1. The predicted octanol–water partition coefficient (Wildman–Crippen LogP) is 0.969. The number of sulfonamides is 1. The van der Waals surface area contributed by atoms with Crippen LogP contribution in [0.3, 0.4) is 0 Å². The average molecular weight is 329 g/mol. The Morgan fingerprint density at radius 2 is 1.70 bits per heavy atom. The van der Waals surface area contributed by atoms with Crippen molar-refractivity contribution < 1.29 is 13.2 Å². The van der Waals surface area contributed by atoms with Crippen LogP contribution in [-0.2, 0) is 14.8 Å². The van der Waals surface area contributed by atoms with Crippen molar-refractivity contribution in [1.29, 1.82) is 0 Å². The van der Waals surface area contributed by atoms with Gasteiger partial charge in [-0.05, 0) is 25.1 Å². The number of nitrogens with zero attached hydrogens (tertiary/aromatic N) is 2. The molecule has 6 nitrogen and oxygen atoms in total. The van der Waals surface area contributed by atoms with E-state index < -0.39 is 22.0 Å². The van der Waals surface area contributed by atoms with Gasteiger partial charge in [0, 0.05) is 5.56 Å². The summed E-state index contributed by atoms with van der Waals surface area (Å²) in [6.45, 7) is 1.55. The van der Waals surface area contributed by atoms with Gasteiger partial charge in [-0.2, -0.15) is 0 Å². The number of rotatable bonds is 4. The highest BCUT2D eigenvalue weighted by molar-refractivity contribution is 7.92. The summed E-state index contributed by atoms with van der Waals surface area (Å²) in [4.78, 5) is 20.8. The van der Waals surface area contributed by atoms with Gasteiger partial charge in [0.1, 0.15) is 0 Å². The van der Waals surface area contributed by atoms with E-state index in [2.05, 4.69) is 14.7 Å². The van der Waals surface area contributed by atoms with E-state index in [-0.39, 0.29) is 5.75 Å². The number of benzene rings is 2. The molecule has 0 radical (unpaired) electrons. The van der Waals surface area contributed by atoms with Crippen LogP contribution in [0.25, 0.3) is 0 Å². The summed E-state index contributed by atoms with van der Waals surface area (Å²) in [5, 5.41) is 1.14. The first-order chi connectivity index (χ1) is 11.0. The van der Waals surface area contributed by atoms with Gasteiger partial charge in [0.05, 0.1) is 22.2 Å². The van der Waals surface area contributed by atoms with Gasteiger partial charge in [-0.1, -0.05) is 30.3 Å². The highest BCUT2D eigenvalue weighted by Crippen LogP contribution is 2.27. The largest absolute Gasteiger partial charge is 0.283 e. The Balaban J connectivity index is 2.10. The molecule has 1 N–H and O–H groups in total. The van der Waals surface area contributed by atoms with Gasteiger partial charge < -0.3 is 0 Å². The van der Waals surface area contributed by atoms with Crippen LogP contribution in [0.1, 0.15) is 18.5 Å². The van der Waals surface area contributed by atoms with Gasteiger partial charge in [0.15, 0.2) is 6.04 Å². The highest BCUT2D eigenvalue weighted by atomic mass is 32.2. The SMILES string of the molecule is CCS(=O)(=O)Nc1ccccc1C1N=c2ccccc2=NC1=O. The second-order valence-corrected chi connectivity index (χ2v) is 7.07. The van der Waals surface area contributed by atoms with Gasteiger partial charge >= 0.3 is 0 Å². The predicted molar refractivity (Wildman–Crippen MR) is 86.0 cm³/mol. The number of para-hydroxylation sites is 3. The minimum Gasteiger partial charge on any atom is -0.283 e. The second kappa shape index (κ2) is 5.92. The summed E-state index contributed by atoms with van der Waals surface area (Å²) in [5.41, 5.74) is 0.846. The number of carbonyl (C=O) groups excluding carboxylic acids is 1. The fourth-order valence-corrected chi connectivity index (χ4v) is 2.98. The molecule has 2 aromatic carbocycles. The van der Waals surface area contributed by atoms with Crippen LogP contribution in [0.4, 0.5) is 5.69 Å². The van der Waals surface area contributed by atoms with Crippen molar-refractivity contribution >= 4 is 21.6 Å². The molecular formula is C16H15N3O3S. The van der Waals surface area contributed by atoms with E-state index in [0.29, 0.717) is 22.0 Å². The standard InChI is InChI=1S/C16H15N3O3S/c1-2-23(21,22)19-12-8-4-3-7-11(12)15-16(20)18-14-10-6-5-9-13(14)17-15/h3-10,15,19H,2H2,1H3. The van der Waals surface area contributed by atoms with E-state index in [1.54, 1.807) is 49.4 Å². The third-order valence-electron chi connectivity index (χ3n) is 3.52. The van der Waals surface area contributed by atoms with Gasteiger partial charge in [0.2, 0.25) is 10.0 Å². The smallest absolute Gasteiger partial charge is 0.275 e. The molecule has 0 aromatic heterocycles. The summed E-state index contributed by atoms with van der Waals surface area (Å²) < 4.78 is 26.2. The molecular weight excluding hydrogens is 314 g/mol. The Kier molecular flexibility index (Phi) is 3.96. The molecule has 118 valence electrons. The number of amides is 1. The lowest BCUT2D eigenvalue weighted by atomic mass is 10.0. The number of hydrogen-bond acceptors (Lipinski definition) is 4. The Labute approximate surface area is 133 Å². The molecule has 0 aliphatic carbocycles. The molecule has 0 saturated heterocycles. The normalized spacial score (nSPS) is 16.9. The van der Waals surface area contributed by atoms with E-state index in [4.69, 9.17) is 0 Å². The van der Waals surface area contributed by atoms with Crippen molar-refractivity contribution in [2.45, 2.75) is 13.0 Å². The Morgan fingerprint density at radius 3 is 2.43 bits per heavy atom. The lowest BCUT2D eigenvalue weighted by Gasteiger charge is -2.17. The monoisotopic (exact) mass is 329 g/mol. The van der Waals surface area contributed by atoms with Crippen molar-refractivity contribution in [2.24, 2.45) is 9.98 Å². The van der Waals surface area contributed by atoms with Crippen molar-refractivity contribution in [3.63, 3.8) is 0 Å². The fourth-order valence-electron chi connectivity index (χ4n) is 2.31. The Hall–Kier alpha value is -2.54. The Bertz CT molecular complexity index is 984. The summed E-state index contributed by atoms with van der Waals surface area (Å²) in [6.07, 6.45) is 0. The lowest BCUT2D eigenvalue weighted by Crippen LogP contribution is -2.33. The van der Waals surface area contributed by atoms with E-state index in [1.165, 1.54) is 0 Å². The average Bonchev–Trinajstić information content (AvgIpc) is 2.54. The third-order valence-corrected chi connectivity index (χ3v) is 4.81. The van der Waals surface area contributed by atoms with Gasteiger partial charge in [0.25, 0.3) is 5.91 Å². The van der Waals surface area contributed by atoms with E-state index in [9.17, 15) is 13.2 Å². The van der Waals surface area contributed by atoms with Crippen molar-refractivity contribution in [2.75, 3.05) is 10.5 Å². The quantitative estimate of drug-likeness (QED) is 0.906. The van der Waals surface area contributed by atoms with Crippen molar-refractivity contribution in [3.8, 4) is 0 Å². The molecule has 1 aliphatic rings. The minimum absolute atomic E-state index is 0.0513. The topological polar surface area (TPSA) is 88.0 Å². The van der Waals surface area contributed by atoms with Crippen LogP contribution in [0, 0.1) is 0 Å². The molecule has 3 rings (SSSR count). The molecule has 0 saturated carbocycles. The van der Waals surface area contributed by atoms with E-state index in [0.717, 1.165) is 0 Å². The first-order valence-electron chi connectivity index (χ1n) is 7.15. The van der Waals surface area contributed by atoms with E-state index >= 15 is 0 Å². The first-order valence-corrected chi connectivity index (χ1v) is 8.80. The number of hydrogen-bond donors (Lipinski definition) is 1. The van der Waals surface area contributed by atoms with Crippen LogP contribution in [0.15, 0.2) is 58.5 Å². The molecule has 2 aromatic rings. The molecule has 0 spiro atoms. The second-order valence-electron chi connectivity index (χ2n) is 5.06. The molecule has 1 heterocycles. The summed E-state index contributed by atoms with van der Waals surface area (Å²) >= 11 is 0. The van der Waals surface area contributed by atoms with Crippen LogP contribution in [-0.4, -0.2) is 20.1 Å². The third kappa shape index (κ3) is 3.14. The zero-order chi connectivity index (χ0) is 16.4. The highest BCUT2D eigenvalue weighted by Gasteiger charge is 2.25. The van der Waals surface area contributed by atoms with E-state index in [1.807, 2.05) is 6.07 Å². The van der Waals surface area contributed by atoms with Gasteiger partial charge in [-0.25, -0.2) is 13.4 Å². The molecule has 0 bridgehead atoms. The molecule has 1 unspecified atom stereocenters. The number of fused-ring (bicyclic) bond motifs is 1.